The zero-order valence-corrected chi connectivity index (χ0v) is 17.5. The molecule has 1 aliphatic carbocycles. The third-order valence-corrected chi connectivity index (χ3v) is 4.21. The van der Waals surface area contributed by atoms with E-state index in [0.717, 1.165) is 5.01 Å². The maximum Gasteiger partial charge on any atom is 0.430 e. The van der Waals surface area contributed by atoms with E-state index in [1.807, 2.05) is 6.07 Å². The van der Waals surface area contributed by atoms with Gasteiger partial charge in [0.15, 0.2) is 11.3 Å². The van der Waals surface area contributed by atoms with Crippen molar-refractivity contribution in [1.29, 1.82) is 0 Å². The number of benzene rings is 1. The van der Waals surface area contributed by atoms with Crippen molar-refractivity contribution in [3.63, 3.8) is 0 Å². The van der Waals surface area contributed by atoms with Gasteiger partial charge in [-0.2, -0.15) is 5.01 Å². The summed E-state index contributed by atoms with van der Waals surface area (Å²) in [5.41, 5.74) is 0.214. The molecule has 7 nitrogen and oxygen atoms in total. The number of nitrogens with zero attached hydrogens (tertiary/aromatic N) is 1. The second-order valence-corrected chi connectivity index (χ2v) is 8.93. The van der Waals surface area contributed by atoms with Crippen molar-refractivity contribution >= 4 is 18.0 Å². The van der Waals surface area contributed by atoms with Gasteiger partial charge >= 0.3 is 12.2 Å². The molecule has 28 heavy (non-hydrogen) atoms. The summed E-state index contributed by atoms with van der Waals surface area (Å²) in [6.45, 7) is 10.3. The molecule has 0 bridgehead atoms. The van der Waals surface area contributed by atoms with Crippen LogP contribution in [0.3, 0.4) is 0 Å². The minimum Gasteiger partial charge on any atom is -0.443 e. The molecule has 1 N–H and O–H groups in total. The van der Waals surface area contributed by atoms with Crippen molar-refractivity contribution in [2.75, 3.05) is 0 Å². The van der Waals surface area contributed by atoms with Crippen LogP contribution in [0.4, 0.5) is 9.59 Å². The Morgan fingerprint density at radius 1 is 1.00 bits per heavy atom. The van der Waals surface area contributed by atoms with Crippen LogP contribution < -0.4 is 5.43 Å². The van der Waals surface area contributed by atoms with Crippen molar-refractivity contribution < 1.29 is 23.9 Å². The number of amides is 2. The van der Waals surface area contributed by atoms with Crippen LogP contribution >= 0.6 is 0 Å². The molecule has 7 heteroatoms. The molecular weight excluding hydrogens is 360 g/mol. The predicted octanol–water partition coefficient (Wildman–Crippen LogP) is 4.31. The Morgan fingerprint density at radius 3 is 2.04 bits per heavy atom. The quantitative estimate of drug-likeness (QED) is 0.761. The van der Waals surface area contributed by atoms with Gasteiger partial charge in [0.05, 0.1) is 0 Å². The number of Topliss-reactive ketones (excluding diaryl/α,β-unsaturated/α-hetero) is 1. The van der Waals surface area contributed by atoms with E-state index < -0.39 is 28.9 Å². The molecule has 154 valence electrons. The minimum atomic E-state index is -1.33. The van der Waals surface area contributed by atoms with Crippen LogP contribution in [0.25, 0.3) is 0 Å². The third kappa shape index (κ3) is 5.03. The Morgan fingerprint density at radius 2 is 1.57 bits per heavy atom. The minimum absolute atomic E-state index is 0.152. The van der Waals surface area contributed by atoms with Gasteiger partial charge in [0.1, 0.15) is 11.2 Å². The average molecular weight is 390 g/mol. The van der Waals surface area contributed by atoms with Gasteiger partial charge in [0.2, 0.25) is 0 Å². The van der Waals surface area contributed by atoms with Crippen LogP contribution in [0.1, 0.15) is 66.4 Å². The van der Waals surface area contributed by atoms with Crippen LogP contribution in [0.2, 0.25) is 0 Å². The molecule has 0 saturated heterocycles. The molecule has 0 heterocycles. The summed E-state index contributed by atoms with van der Waals surface area (Å²) in [6.07, 6.45) is -0.344. The van der Waals surface area contributed by atoms with Gasteiger partial charge in [-0.3, -0.25) is 4.79 Å². The molecule has 0 aliphatic heterocycles. The Kier molecular flexibility index (Phi) is 6.06. The van der Waals surface area contributed by atoms with E-state index in [-0.39, 0.29) is 5.78 Å². The fourth-order valence-electron chi connectivity index (χ4n) is 3.23. The molecule has 0 aromatic heterocycles. The van der Waals surface area contributed by atoms with Gasteiger partial charge in [-0.05, 0) is 59.9 Å². The largest absolute Gasteiger partial charge is 0.443 e. The van der Waals surface area contributed by atoms with Gasteiger partial charge in [0.25, 0.3) is 0 Å². The first-order chi connectivity index (χ1) is 12.8. The summed E-state index contributed by atoms with van der Waals surface area (Å²) in [5, 5.41) is 1.01. The van der Waals surface area contributed by atoms with E-state index in [4.69, 9.17) is 9.47 Å². The highest BCUT2D eigenvalue weighted by molar-refractivity contribution is 5.95. The average Bonchev–Trinajstić information content (AvgIpc) is 2.92. The van der Waals surface area contributed by atoms with Gasteiger partial charge in [-0.25, -0.2) is 15.0 Å². The van der Waals surface area contributed by atoms with Gasteiger partial charge in [-0.1, -0.05) is 30.3 Å². The first-order valence-corrected chi connectivity index (χ1v) is 9.47. The number of ketones is 1. The lowest BCUT2D eigenvalue weighted by atomic mass is 9.86. The molecule has 1 atom stereocenters. The Bertz CT molecular complexity index is 733. The molecule has 0 spiro atoms. The van der Waals surface area contributed by atoms with Crippen molar-refractivity contribution in [3.8, 4) is 0 Å². The summed E-state index contributed by atoms with van der Waals surface area (Å²) in [6, 6.07) is 8.97. The highest BCUT2D eigenvalue weighted by Crippen LogP contribution is 2.41. The van der Waals surface area contributed by atoms with E-state index in [0.29, 0.717) is 24.8 Å². The first kappa shape index (κ1) is 21.7. The second kappa shape index (κ2) is 7.81. The predicted molar refractivity (Wildman–Crippen MR) is 104 cm³/mol. The van der Waals surface area contributed by atoms with Crippen molar-refractivity contribution in [3.05, 3.63) is 35.9 Å². The number of hydrogen-bond acceptors (Lipinski definition) is 5. The van der Waals surface area contributed by atoms with Crippen molar-refractivity contribution in [1.82, 2.24) is 10.4 Å². The van der Waals surface area contributed by atoms with E-state index in [2.05, 4.69) is 5.43 Å². The first-order valence-electron chi connectivity index (χ1n) is 9.47. The SMILES string of the molecule is CC(C)(C)OC(=O)NN(C(=O)OC(C)(C)C)C1(c2ccccc2)CCCC1=O. The number of hydrogen-bond donors (Lipinski definition) is 1. The van der Waals surface area contributed by atoms with Crippen LogP contribution in [0.15, 0.2) is 30.3 Å². The lowest BCUT2D eigenvalue weighted by molar-refractivity contribution is -0.130. The number of hydrazine groups is 1. The molecule has 1 aromatic carbocycles. The Labute approximate surface area is 166 Å². The zero-order chi connectivity index (χ0) is 21.2. The standard InChI is InChI=1S/C21H30N2O5/c1-19(2,3)27-17(25)22-23(18(26)28-20(4,5)6)21(14-10-13-16(21)24)15-11-8-7-9-12-15/h7-9,11-12H,10,13-14H2,1-6H3,(H,22,25). The Hall–Kier alpha value is -2.57. The molecule has 1 unspecified atom stereocenters. The van der Waals surface area contributed by atoms with E-state index in [1.54, 1.807) is 65.8 Å². The van der Waals surface area contributed by atoms with E-state index in [1.165, 1.54) is 0 Å². The maximum absolute atomic E-state index is 13.1. The van der Waals surface area contributed by atoms with Crippen LogP contribution in [0.5, 0.6) is 0 Å². The van der Waals surface area contributed by atoms with E-state index in [9.17, 15) is 14.4 Å². The monoisotopic (exact) mass is 390 g/mol. The lowest BCUT2D eigenvalue weighted by Crippen LogP contribution is -2.61. The number of ether oxygens (including phenoxy) is 2. The number of carbonyl (C=O) groups excluding carboxylic acids is 3. The zero-order valence-electron chi connectivity index (χ0n) is 17.5. The molecule has 1 saturated carbocycles. The number of nitrogens with one attached hydrogen (secondary N) is 1. The number of carbonyl (C=O) groups is 3. The highest BCUT2D eigenvalue weighted by atomic mass is 16.6. The fraction of sp³-hybridized carbons (Fsp3) is 0.571. The normalized spacial score (nSPS) is 19.9. The summed E-state index contributed by atoms with van der Waals surface area (Å²) < 4.78 is 10.8. The van der Waals surface area contributed by atoms with Gasteiger partial charge in [-0.15, -0.1) is 0 Å². The van der Waals surface area contributed by atoms with Gasteiger partial charge < -0.3 is 9.47 Å². The highest BCUT2D eigenvalue weighted by Gasteiger charge is 2.53. The van der Waals surface area contributed by atoms with Crippen LogP contribution in [-0.2, 0) is 19.8 Å². The maximum atomic E-state index is 13.1. The summed E-state index contributed by atoms with van der Waals surface area (Å²) in [4.78, 5) is 38.6. The fourth-order valence-corrected chi connectivity index (χ4v) is 3.23. The smallest absolute Gasteiger partial charge is 0.430 e. The topological polar surface area (TPSA) is 84.9 Å². The van der Waals surface area contributed by atoms with Gasteiger partial charge in [0, 0.05) is 6.42 Å². The van der Waals surface area contributed by atoms with Crippen LogP contribution in [0, 0.1) is 0 Å². The number of rotatable bonds is 2. The molecule has 1 aliphatic rings. The van der Waals surface area contributed by atoms with E-state index >= 15 is 0 Å². The van der Waals surface area contributed by atoms with Crippen LogP contribution in [-0.4, -0.2) is 34.2 Å². The molecule has 1 fully saturated rings. The molecule has 0 radical (unpaired) electrons. The molecule has 1 aromatic rings. The molecule has 2 amide bonds. The molecular formula is C21H30N2O5. The third-order valence-electron chi connectivity index (χ3n) is 4.21. The summed E-state index contributed by atoms with van der Waals surface area (Å²) >= 11 is 0. The second-order valence-electron chi connectivity index (χ2n) is 8.93. The van der Waals surface area contributed by atoms with Crippen molar-refractivity contribution in [2.24, 2.45) is 0 Å². The summed E-state index contributed by atoms with van der Waals surface area (Å²) in [5.74, 6) is -0.152. The lowest BCUT2D eigenvalue weighted by Gasteiger charge is -2.40. The Balaban J connectivity index is 2.49. The van der Waals surface area contributed by atoms with Crippen molar-refractivity contribution in [2.45, 2.75) is 77.5 Å². The molecule has 2 rings (SSSR count). The summed E-state index contributed by atoms with van der Waals surface area (Å²) in [7, 11) is 0.